The van der Waals surface area contributed by atoms with E-state index in [4.69, 9.17) is 9.47 Å². The third-order valence-corrected chi connectivity index (χ3v) is 4.30. The monoisotopic (exact) mass is 358 g/mol. The number of imidazole rings is 1. The largest absolute Gasteiger partial charge is 0.496 e. The summed E-state index contributed by atoms with van der Waals surface area (Å²) in [5.74, 6) is 1.13. The van der Waals surface area contributed by atoms with Crippen molar-refractivity contribution in [2.24, 2.45) is 4.99 Å². The molecule has 0 bridgehead atoms. The molecule has 1 atom stereocenters. The Kier molecular flexibility index (Phi) is 5.52. The molecular weight excluding hydrogens is 336 g/mol. The van der Waals surface area contributed by atoms with Crippen molar-refractivity contribution in [1.29, 1.82) is 0 Å². The quantitative estimate of drug-likeness (QED) is 0.764. The summed E-state index contributed by atoms with van der Waals surface area (Å²) in [6.45, 7) is 0.996. The van der Waals surface area contributed by atoms with Crippen LogP contribution in [0.2, 0.25) is 0 Å². The molecule has 0 spiro atoms. The number of aliphatic imine (C=N–C) groups is 1. The van der Waals surface area contributed by atoms with Gasteiger partial charge in [0.25, 0.3) is 0 Å². The summed E-state index contributed by atoms with van der Waals surface area (Å²) in [7, 11) is 2.97. The molecule has 1 aromatic carbocycles. The van der Waals surface area contributed by atoms with Crippen LogP contribution >= 0.6 is 0 Å². The second-order valence-corrected chi connectivity index (χ2v) is 5.95. The van der Waals surface area contributed by atoms with E-state index in [0.29, 0.717) is 24.3 Å². The fraction of sp³-hybridized carbons (Fsp3) is 0.389. The van der Waals surface area contributed by atoms with E-state index in [2.05, 4.69) is 15.3 Å². The summed E-state index contributed by atoms with van der Waals surface area (Å²) >= 11 is 0. The van der Waals surface area contributed by atoms with Gasteiger partial charge in [0.05, 0.1) is 39.0 Å². The maximum Gasteiger partial charge on any atom is 0.337 e. The summed E-state index contributed by atoms with van der Waals surface area (Å²) in [6.07, 6.45) is 4.11. The molecule has 1 aliphatic heterocycles. The van der Waals surface area contributed by atoms with Gasteiger partial charge in [-0.15, -0.1) is 0 Å². The minimum absolute atomic E-state index is 0.300. The molecule has 0 radical (unpaired) electrons. The molecule has 8 heteroatoms. The second kappa shape index (κ2) is 8.01. The van der Waals surface area contributed by atoms with Gasteiger partial charge in [0.1, 0.15) is 23.4 Å². The minimum Gasteiger partial charge on any atom is -0.496 e. The van der Waals surface area contributed by atoms with Gasteiger partial charge in [-0.3, -0.25) is 4.99 Å². The number of methoxy groups -OCH3 is 2. The zero-order valence-electron chi connectivity index (χ0n) is 14.8. The number of nitrogens with one attached hydrogen (secondary N) is 1. The fourth-order valence-corrected chi connectivity index (χ4v) is 2.97. The van der Waals surface area contributed by atoms with E-state index in [-0.39, 0.29) is 5.97 Å². The molecule has 1 unspecified atom stereocenters. The van der Waals surface area contributed by atoms with Crippen LogP contribution in [0.25, 0.3) is 0 Å². The number of aromatic nitrogens is 2. The normalized spacial score (nSPS) is 15.7. The number of carbonyl (C=O) groups excluding carboxylic acids is 1. The number of aliphatic hydroxyl groups is 1. The molecule has 26 heavy (non-hydrogen) atoms. The van der Waals surface area contributed by atoms with Crippen LogP contribution in [0.15, 0.2) is 29.5 Å². The number of fused-ring (bicyclic) bond motifs is 1. The molecule has 0 aliphatic carbocycles. The number of ether oxygens (including phenoxy) is 2. The Balaban J connectivity index is 1.70. The van der Waals surface area contributed by atoms with Gasteiger partial charge >= 0.3 is 5.97 Å². The summed E-state index contributed by atoms with van der Waals surface area (Å²) in [4.78, 5) is 20.1. The first-order valence-electron chi connectivity index (χ1n) is 8.37. The van der Waals surface area contributed by atoms with Gasteiger partial charge in [-0.1, -0.05) is 0 Å². The lowest BCUT2D eigenvalue weighted by Gasteiger charge is -2.12. The van der Waals surface area contributed by atoms with Crippen LogP contribution in [0, 0.1) is 0 Å². The zero-order chi connectivity index (χ0) is 18.5. The molecule has 0 saturated heterocycles. The van der Waals surface area contributed by atoms with E-state index < -0.39 is 6.10 Å². The molecule has 138 valence electrons. The van der Waals surface area contributed by atoms with E-state index in [1.807, 2.05) is 4.57 Å². The predicted molar refractivity (Wildman–Crippen MR) is 96.8 cm³/mol. The topological polar surface area (TPSA) is 98.0 Å². The van der Waals surface area contributed by atoms with Crippen LogP contribution in [-0.2, 0) is 17.7 Å². The standard InChI is InChI=1S/C18H22N4O4/c1-25-15-6-5-13(18(24)26-2)8-12(15)4-3-7-22-11-21-16-14(23)9-19-10-20-17(16)22/h5-6,8,10-11,14,23H,3-4,7,9H2,1-2H3,(H,19,20). The van der Waals surface area contributed by atoms with Crippen LogP contribution in [0.4, 0.5) is 5.82 Å². The minimum atomic E-state index is -0.700. The first-order valence-corrected chi connectivity index (χ1v) is 8.37. The fourth-order valence-electron chi connectivity index (χ4n) is 2.97. The molecule has 3 rings (SSSR count). The molecule has 2 N–H and O–H groups in total. The van der Waals surface area contributed by atoms with E-state index in [9.17, 15) is 9.90 Å². The van der Waals surface area contributed by atoms with Gasteiger partial charge in [-0.05, 0) is 36.6 Å². The Labute approximate surface area is 151 Å². The van der Waals surface area contributed by atoms with Gasteiger partial charge < -0.3 is 24.5 Å². The van der Waals surface area contributed by atoms with Crippen molar-refractivity contribution >= 4 is 18.1 Å². The molecule has 1 aliphatic rings. The van der Waals surface area contributed by atoms with Crippen molar-refractivity contribution < 1.29 is 19.4 Å². The highest BCUT2D eigenvalue weighted by atomic mass is 16.5. The highest BCUT2D eigenvalue weighted by molar-refractivity contribution is 5.89. The molecule has 1 aromatic heterocycles. The van der Waals surface area contributed by atoms with Crippen molar-refractivity contribution in [3.8, 4) is 5.75 Å². The summed E-state index contributed by atoms with van der Waals surface area (Å²) in [5, 5.41) is 13.1. The smallest absolute Gasteiger partial charge is 0.337 e. The van der Waals surface area contributed by atoms with Gasteiger partial charge in [0.2, 0.25) is 0 Å². The number of aryl methyl sites for hydroxylation is 2. The number of hydrogen-bond acceptors (Lipinski definition) is 7. The average molecular weight is 358 g/mol. The van der Waals surface area contributed by atoms with Crippen molar-refractivity contribution in [3.63, 3.8) is 0 Å². The number of anilines is 1. The molecule has 2 heterocycles. The lowest BCUT2D eigenvalue weighted by atomic mass is 10.0. The SMILES string of the molecule is COC(=O)c1ccc(OC)c(CCCn2cnc3c2NC=NCC3O)c1. The van der Waals surface area contributed by atoms with E-state index >= 15 is 0 Å². The van der Waals surface area contributed by atoms with E-state index in [1.54, 1.807) is 38.0 Å². The summed E-state index contributed by atoms with van der Waals surface area (Å²) in [5.41, 5.74) is 2.05. The average Bonchev–Trinajstić information content (AvgIpc) is 2.97. The number of hydrogen-bond donors (Lipinski definition) is 2. The Morgan fingerprint density at radius 3 is 3.04 bits per heavy atom. The van der Waals surface area contributed by atoms with Crippen LogP contribution in [-0.4, -0.2) is 47.7 Å². The first-order chi connectivity index (χ1) is 12.6. The lowest BCUT2D eigenvalue weighted by molar-refractivity contribution is 0.0600. The maximum atomic E-state index is 11.7. The van der Waals surface area contributed by atoms with E-state index in [0.717, 1.165) is 30.0 Å². The van der Waals surface area contributed by atoms with Crippen molar-refractivity contribution in [1.82, 2.24) is 9.55 Å². The number of esters is 1. The molecule has 8 nitrogen and oxygen atoms in total. The van der Waals surface area contributed by atoms with Crippen molar-refractivity contribution in [3.05, 3.63) is 41.3 Å². The third kappa shape index (κ3) is 3.70. The van der Waals surface area contributed by atoms with Crippen LogP contribution in [0.5, 0.6) is 5.75 Å². The highest BCUT2D eigenvalue weighted by Gasteiger charge is 2.19. The number of rotatable bonds is 6. The Hall–Kier alpha value is -2.87. The van der Waals surface area contributed by atoms with Crippen LogP contribution < -0.4 is 10.1 Å². The maximum absolute atomic E-state index is 11.7. The Morgan fingerprint density at radius 2 is 2.27 bits per heavy atom. The number of carbonyl (C=O) groups is 1. The van der Waals surface area contributed by atoms with Crippen molar-refractivity contribution in [2.45, 2.75) is 25.5 Å². The third-order valence-electron chi connectivity index (χ3n) is 4.30. The van der Waals surface area contributed by atoms with Gasteiger partial charge in [-0.25, -0.2) is 9.78 Å². The van der Waals surface area contributed by atoms with E-state index in [1.165, 1.54) is 7.11 Å². The lowest BCUT2D eigenvalue weighted by Crippen LogP contribution is -2.07. The number of aliphatic hydroxyl groups excluding tert-OH is 1. The molecule has 0 amide bonds. The summed E-state index contributed by atoms with van der Waals surface area (Å²) < 4.78 is 12.1. The van der Waals surface area contributed by atoms with Crippen LogP contribution in [0.3, 0.4) is 0 Å². The molecule has 2 aromatic rings. The predicted octanol–water partition coefficient (Wildman–Crippen LogP) is 1.80. The van der Waals surface area contributed by atoms with Gasteiger partial charge in [0, 0.05) is 6.54 Å². The Bertz CT molecular complexity index is 816. The second-order valence-electron chi connectivity index (χ2n) is 5.95. The van der Waals surface area contributed by atoms with Crippen molar-refractivity contribution in [2.75, 3.05) is 26.1 Å². The first kappa shape index (κ1) is 17.9. The van der Waals surface area contributed by atoms with Crippen LogP contribution in [0.1, 0.15) is 34.1 Å². The molecule has 0 fully saturated rings. The Morgan fingerprint density at radius 1 is 1.42 bits per heavy atom. The van der Waals surface area contributed by atoms with Gasteiger partial charge in [-0.2, -0.15) is 0 Å². The number of nitrogens with zero attached hydrogens (tertiary/aromatic N) is 3. The highest BCUT2D eigenvalue weighted by Crippen LogP contribution is 2.25. The number of benzene rings is 1. The zero-order valence-corrected chi connectivity index (χ0v) is 14.8. The van der Waals surface area contributed by atoms with Gasteiger partial charge in [0.15, 0.2) is 0 Å². The molecular formula is C18H22N4O4. The molecule has 0 saturated carbocycles. The summed E-state index contributed by atoms with van der Waals surface area (Å²) in [6, 6.07) is 5.27.